The van der Waals surface area contributed by atoms with Crippen molar-refractivity contribution in [1.82, 2.24) is 35.1 Å². The molecule has 0 radical (unpaired) electrons. The zero-order valence-electron chi connectivity index (χ0n) is 37.1. The van der Waals surface area contributed by atoms with Crippen LogP contribution in [0.4, 0.5) is 9.18 Å². The molecule has 1 aromatic carbocycles. The molecule has 61 heavy (non-hydrogen) atoms. The molecular weight excluding hydrogens is 810 g/mol. The number of rotatable bonds is 11. The van der Waals surface area contributed by atoms with E-state index in [1.54, 1.807) is 41.7 Å². The minimum Gasteiger partial charge on any atom is -0.455 e. The van der Waals surface area contributed by atoms with Crippen LogP contribution >= 0.6 is 11.3 Å². The van der Waals surface area contributed by atoms with Gasteiger partial charge in [0.2, 0.25) is 0 Å². The number of aromatic nitrogens is 4. The van der Waals surface area contributed by atoms with Crippen molar-refractivity contribution in [1.29, 1.82) is 0 Å². The van der Waals surface area contributed by atoms with Gasteiger partial charge in [0, 0.05) is 38.7 Å². The van der Waals surface area contributed by atoms with E-state index in [1.807, 2.05) is 70.2 Å². The molecule has 3 aliphatic heterocycles. The van der Waals surface area contributed by atoms with Crippen molar-refractivity contribution >= 4 is 39.4 Å². The molecule has 6 rings (SSSR count). The Bertz CT molecular complexity index is 1970. The molecule has 5 heterocycles. The number of ketones is 1. The zero-order chi connectivity index (χ0) is 44.4. The molecule has 1 amide bonds. The third-order valence-electron chi connectivity index (χ3n) is 12.8. The Labute approximate surface area is 361 Å². The summed E-state index contributed by atoms with van der Waals surface area (Å²) >= 11 is 1.56. The summed E-state index contributed by atoms with van der Waals surface area (Å²) < 4.78 is 50.2. The van der Waals surface area contributed by atoms with E-state index in [2.05, 4.69) is 20.6 Å². The lowest BCUT2D eigenvalue weighted by molar-refractivity contribution is -0.289. The number of thiazole rings is 1. The van der Waals surface area contributed by atoms with Crippen LogP contribution in [-0.4, -0.2) is 153 Å². The van der Waals surface area contributed by atoms with Gasteiger partial charge in [-0.25, -0.2) is 19.0 Å². The second-order valence-electron chi connectivity index (χ2n) is 17.9. The Morgan fingerprint density at radius 1 is 1.10 bits per heavy atom. The van der Waals surface area contributed by atoms with Gasteiger partial charge in [0.25, 0.3) is 5.67 Å². The van der Waals surface area contributed by atoms with E-state index in [4.69, 9.17) is 23.7 Å². The standard InChI is InChI=1S/C43H64FN7O9S/c1-11-33-43(7)36(51(40(55)60-43)19-15-14-18-50-24-29(47-48-50)37-46-28-16-12-13-17-31(28)61-37)27(4)45-23-25(2)22-41(5,56-10)34(21-32(52)42(6,44)39(54)59-33)58-38-35(53)30(49(8)9)20-26(3)57-38/h12-13,16-17,24-27,30,33-36,38,45,53H,11,14-15,18-23H2,1-10H3/t25-,26-,27-,30?,33-,34-,35?,36-,38+,41-,42-,43-/m1/s1. The number of alkyl halides is 1. The van der Waals surface area contributed by atoms with Gasteiger partial charge in [-0.15, -0.1) is 16.4 Å². The Kier molecular flexibility index (Phi) is 14.6. The van der Waals surface area contributed by atoms with E-state index in [1.165, 1.54) is 7.11 Å². The molecule has 16 nitrogen and oxygen atoms in total. The van der Waals surface area contributed by atoms with Crippen molar-refractivity contribution in [3.63, 3.8) is 0 Å². The number of unbranched alkanes of at least 4 members (excludes halogenated alkanes) is 1. The average molecular weight is 874 g/mol. The minimum atomic E-state index is -3.10. The van der Waals surface area contributed by atoms with Crippen molar-refractivity contribution in [2.24, 2.45) is 5.92 Å². The van der Waals surface area contributed by atoms with E-state index < -0.39 is 77.8 Å². The zero-order valence-corrected chi connectivity index (χ0v) is 37.9. The topological polar surface area (TPSA) is 180 Å². The van der Waals surface area contributed by atoms with Crippen LogP contribution in [-0.2, 0) is 39.8 Å². The molecule has 0 aliphatic carbocycles. The lowest BCUT2D eigenvalue weighted by atomic mass is 9.83. The number of carbonyl (C=O) groups is 3. The Hall–Kier alpha value is -3.65. The number of hydrogen-bond acceptors (Lipinski definition) is 15. The number of ether oxygens (including phenoxy) is 5. The first-order valence-electron chi connectivity index (χ1n) is 21.4. The summed E-state index contributed by atoms with van der Waals surface area (Å²) in [4.78, 5) is 49.9. The summed E-state index contributed by atoms with van der Waals surface area (Å²) in [7, 11) is 5.20. The predicted molar refractivity (Wildman–Crippen MR) is 227 cm³/mol. The van der Waals surface area contributed by atoms with Crippen molar-refractivity contribution in [2.75, 3.05) is 34.3 Å². The van der Waals surface area contributed by atoms with Crippen LogP contribution in [0.3, 0.4) is 0 Å². The number of aliphatic hydroxyl groups is 1. The summed E-state index contributed by atoms with van der Waals surface area (Å²) in [6, 6.07) is 6.58. The van der Waals surface area contributed by atoms with Gasteiger partial charge in [-0.05, 0) is 105 Å². The number of aliphatic hydroxyl groups excluding tert-OH is 1. The normalized spacial score (nSPS) is 35.8. The van der Waals surface area contributed by atoms with Crippen molar-refractivity contribution in [2.45, 2.75) is 159 Å². The van der Waals surface area contributed by atoms with Crippen LogP contribution < -0.4 is 5.32 Å². The summed E-state index contributed by atoms with van der Waals surface area (Å²) in [5.41, 5.74) is -4.11. The van der Waals surface area contributed by atoms with Gasteiger partial charge in [0.05, 0.1) is 40.3 Å². The first kappa shape index (κ1) is 46.8. The van der Waals surface area contributed by atoms with E-state index in [9.17, 15) is 19.5 Å². The molecule has 0 bridgehead atoms. The van der Waals surface area contributed by atoms with Gasteiger partial charge in [0.15, 0.2) is 17.7 Å². The van der Waals surface area contributed by atoms with Gasteiger partial charge in [-0.2, -0.15) is 0 Å². The minimum absolute atomic E-state index is 0.103. The van der Waals surface area contributed by atoms with Crippen LogP contribution in [0.25, 0.3) is 20.9 Å². The fraction of sp³-hybridized carbons (Fsp3) is 0.721. The number of amides is 1. The average Bonchev–Trinajstić information content (AvgIpc) is 3.93. The number of nitrogens with one attached hydrogen (secondary N) is 1. The highest BCUT2D eigenvalue weighted by Crippen LogP contribution is 2.40. The van der Waals surface area contributed by atoms with E-state index >= 15 is 4.39 Å². The molecule has 0 saturated carbocycles. The number of carbonyl (C=O) groups excluding carboxylic acids is 3. The number of aryl methyl sites for hydroxylation is 1. The van der Waals surface area contributed by atoms with Crippen LogP contribution in [0, 0.1) is 5.92 Å². The molecule has 12 atom stereocenters. The third-order valence-corrected chi connectivity index (χ3v) is 13.9. The van der Waals surface area contributed by atoms with Crippen LogP contribution in [0.15, 0.2) is 30.5 Å². The number of hydrogen-bond donors (Lipinski definition) is 2. The lowest BCUT2D eigenvalue weighted by Crippen LogP contribution is -2.61. The molecule has 18 heteroatoms. The fourth-order valence-corrected chi connectivity index (χ4v) is 10.1. The Morgan fingerprint density at radius 2 is 1.82 bits per heavy atom. The molecule has 3 saturated heterocycles. The molecule has 3 aliphatic rings. The van der Waals surface area contributed by atoms with Crippen LogP contribution in [0.2, 0.25) is 0 Å². The largest absolute Gasteiger partial charge is 0.455 e. The number of Topliss-reactive ketones (excluding diaryl/α,β-unsaturated/α-hetero) is 1. The molecule has 3 aromatic rings. The van der Waals surface area contributed by atoms with Crippen molar-refractivity contribution in [3.05, 3.63) is 30.5 Å². The molecule has 2 unspecified atom stereocenters. The van der Waals surface area contributed by atoms with Gasteiger partial charge in [0.1, 0.15) is 22.9 Å². The first-order chi connectivity index (χ1) is 28.8. The SMILES string of the molecule is CC[C@H]1OC(=O)[C@](C)(F)C(=O)C[C@@H](O[C@@H]2O[C@H](C)CC(N(C)C)C2O)[C@](C)(OC)C[C@@H](C)CN[C@H](C)[C@H]2N(CCCCn3cc(-c4nc5ccccc5s4)nn3)C(=O)O[C@]12C. The second kappa shape index (κ2) is 19.0. The number of benzene rings is 1. The number of nitrogens with zero attached hydrogens (tertiary/aromatic N) is 6. The molecule has 2 N–H and O–H groups in total. The summed E-state index contributed by atoms with van der Waals surface area (Å²) in [5, 5.41) is 24.4. The van der Waals surface area contributed by atoms with Gasteiger partial charge in [-0.3, -0.25) is 14.4 Å². The van der Waals surface area contributed by atoms with Crippen LogP contribution in [0.1, 0.15) is 87.0 Å². The molecule has 0 spiro atoms. The highest BCUT2D eigenvalue weighted by Gasteiger charge is 2.59. The maximum absolute atomic E-state index is 16.7. The number of halogens is 1. The van der Waals surface area contributed by atoms with Gasteiger partial charge >= 0.3 is 12.1 Å². The number of para-hydroxylation sites is 1. The Morgan fingerprint density at radius 3 is 2.51 bits per heavy atom. The highest BCUT2D eigenvalue weighted by molar-refractivity contribution is 7.21. The predicted octanol–water partition coefficient (Wildman–Crippen LogP) is 5.16. The number of methoxy groups -OCH3 is 1. The summed E-state index contributed by atoms with van der Waals surface area (Å²) in [5.74, 6) is -2.58. The second-order valence-corrected chi connectivity index (χ2v) is 18.9. The van der Waals surface area contributed by atoms with Crippen LogP contribution in [0.5, 0.6) is 0 Å². The molecular formula is C43H64FN7O9S. The molecule has 2 aromatic heterocycles. The Balaban J connectivity index is 1.21. The van der Waals surface area contributed by atoms with Gasteiger partial charge < -0.3 is 39.0 Å². The third kappa shape index (κ3) is 9.95. The maximum Gasteiger partial charge on any atom is 0.410 e. The maximum atomic E-state index is 16.7. The van der Waals surface area contributed by atoms with E-state index in [0.29, 0.717) is 51.0 Å². The summed E-state index contributed by atoms with van der Waals surface area (Å²) in [6.45, 7) is 13.3. The molecule has 338 valence electrons. The number of esters is 1. The summed E-state index contributed by atoms with van der Waals surface area (Å²) in [6.07, 6.45) is -1.70. The monoisotopic (exact) mass is 873 g/mol. The van der Waals surface area contributed by atoms with Crippen molar-refractivity contribution < 1.29 is 47.6 Å². The van der Waals surface area contributed by atoms with Gasteiger partial charge in [-0.1, -0.05) is 31.2 Å². The first-order valence-corrected chi connectivity index (χ1v) is 22.3. The quantitative estimate of drug-likeness (QED) is 0.147. The number of likely N-dealkylation sites (N-methyl/N-ethyl adjacent to an activating group) is 1. The van der Waals surface area contributed by atoms with E-state index in [-0.39, 0.29) is 24.5 Å². The lowest BCUT2D eigenvalue weighted by Gasteiger charge is -2.45. The number of cyclic esters (lactones) is 1. The fourth-order valence-electron chi connectivity index (χ4n) is 9.18. The highest BCUT2D eigenvalue weighted by atomic mass is 32.1. The van der Waals surface area contributed by atoms with E-state index in [0.717, 1.165) is 22.1 Å². The molecule has 3 fully saturated rings. The smallest absolute Gasteiger partial charge is 0.410 e. The number of fused-ring (bicyclic) bond motifs is 2. The van der Waals surface area contributed by atoms with Crippen molar-refractivity contribution in [3.8, 4) is 10.7 Å².